The Bertz CT molecular complexity index is 344. The Morgan fingerprint density at radius 3 is 2.00 bits per heavy atom. The van der Waals surface area contributed by atoms with E-state index in [1.165, 1.54) is 18.2 Å². The largest absolute Gasteiger partial charge is 0.207 e. The Hall–Kier alpha value is -1.18. The van der Waals surface area contributed by atoms with Gasteiger partial charge in [-0.1, -0.05) is 32.1 Å². The van der Waals surface area contributed by atoms with Crippen LogP contribution in [0.15, 0.2) is 30.4 Å². The second-order valence-corrected chi connectivity index (χ2v) is 4.00. The van der Waals surface area contributed by atoms with Crippen LogP contribution in [-0.4, -0.2) is 0 Å². The molecular weight excluding hydrogens is 182 g/mol. The van der Waals surface area contributed by atoms with Gasteiger partial charge in [0.05, 0.1) is 0 Å². The molecule has 0 nitrogen and oxygen atoms in total. The number of benzene rings is 1. The lowest BCUT2D eigenvalue weighted by atomic mass is 9.78. The number of rotatable bonds is 2. The highest BCUT2D eigenvalue weighted by Crippen LogP contribution is 2.33. The van der Waals surface area contributed by atoms with Crippen molar-refractivity contribution in [2.45, 2.75) is 26.2 Å². The van der Waals surface area contributed by atoms with Crippen LogP contribution in [0.25, 0.3) is 0 Å². The van der Waals surface area contributed by atoms with Crippen LogP contribution in [0.5, 0.6) is 0 Å². The zero-order valence-corrected chi connectivity index (χ0v) is 8.70. The summed E-state index contributed by atoms with van der Waals surface area (Å²) in [7, 11) is 0. The van der Waals surface area contributed by atoms with E-state index in [1.54, 1.807) is 20.8 Å². The molecule has 0 saturated carbocycles. The SMILES string of the molecule is C=C(C)C(C)(C)c1c(F)cccc1F. The van der Waals surface area contributed by atoms with Gasteiger partial charge in [0.1, 0.15) is 11.6 Å². The molecule has 2 heteroatoms. The van der Waals surface area contributed by atoms with Gasteiger partial charge in [-0.2, -0.15) is 0 Å². The van der Waals surface area contributed by atoms with Gasteiger partial charge >= 0.3 is 0 Å². The molecule has 0 saturated heterocycles. The molecule has 0 aromatic heterocycles. The monoisotopic (exact) mass is 196 g/mol. The molecule has 0 bridgehead atoms. The molecule has 0 heterocycles. The van der Waals surface area contributed by atoms with Gasteiger partial charge in [0.2, 0.25) is 0 Å². The molecule has 0 aliphatic rings. The predicted molar refractivity (Wildman–Crippen MR) is 54.2 cm³/mol. The van der Waals surface area contributed by atoms with E-state index in [-0.39, 0.29) is 5.56 Å². The van der Waals surface area contributed by atoms with Gasteiger partial charge in [0, 0.05) is 11.0 Å². The molecule has 0 atom stereocenters. The molecule has 0 fully saturated rings. The lowest BCUT2D eigenvalue weighted by molar-refractivity contribution is 0.491. The van der Waals surface area contributed by atoms with Crippen LogP contribution >= 0.6 is 0 Å². The summed E-state index contributed by atoms with van der Waals surface area (Å²) in [6, 6.07) is 3.90. The average molecular weight is 196 g/mol. The van der Waals surface area contributed by atoms with E-state index in [1.807, 2.05) is 0 Å². The summed E-state index contributed by atoms with van der Waals surface area (Å²) in [5, 5.41) is 0. The Kier molecular flexibility index (Phi) is 2.74. The fourth-order valence-corrected chi connectivity index (χ4v) is 1.31. The highest BCUT2D eigenvalue weighted by atomic mass is 19.1. The Balaban J connectivity index is 3.38. The number of hydrogen-bond acceptors (Lipinski definition) is 0. The maximum Gasteiger partial charge on any atom is 0.130 e. The van der Waals surface area contributed by atoms with Gasteiger partial charge in [-0.05, 0) is 19.1 Å². The number of halogens is 2. The van der Waals surface area contributed by atoms with E-state index in [4.69, 9.17) is 0 Å². The third-order valence-corrected chi connectivity index (χ3v) is 2.65. The molecule has 0 N–H and O–H groups in total. The predicted octanol–water partition coefficient (Wildman–Crippen LogP) is 3.82. The highest BCUT2D eigenvalue weighted by molar-refractivity contribution is 5.34. The fourth-order valence-electron chi connectivity index (χ4n) is 1.31. The zero-order valence-electron chi connectivity index (χ0n) is 8.70. The van der Waals surface area contributed by atoms with Crippen molar-refractivity contribution in [1.82, 2.24) is 0 Å². The van der Waals surface area contributed by atoms with E-state index in [0.717, 1.165) is 5.57 Å². The third kappa shape index (κ3) is 1.69. The minimum atomic E-state index is -0.671. The summed E-state index contributed by atoms with van der Waals surface area (Å²) in [5.74, 6) is -1.03. The van der Waals surface area contributed by atoms with Gasteiger partial charge < -0.3 is 0 Å². The van der Waals surface area contributed by atoms with Crippen LogP contribution < -0.4 is 0 Å². The lowest BCUT2D eigenvalue weighted by Crippen LogP contribution is -2.21. The first-order valence-electron chi connectivity index (χ1n) is 4.48. The van der Waals surface area contributed by atoms with E-state index < -0.39 is 17.0 Å². The van der Waals surface area contributed by atoms with Crippen molar-refractivity contribution in [3.63, 3.8) is 0 Å². The molecule has 0 amide bonds. The van der Waals surface area contributed by atoms with Crippen molar-refractivity contribution in [2.24, 2.45) is 0 Å². The Labute approximate surface area is 83.3 Å². The van der Waals surface area contributed by atoms with Crippen LogP contribution in [0, 0.1) is 11.6 Å². The molecule has 0 aliphatic heterocycles. The van der Waals surface area contributed by atoms with Gasteiger partial charge in [-0.25, -0.2) is 8.78 Å². The van der Waals surface area contributed by atoms with Crippen molar-refractivity contribution >= 4 is 0 Å². The van der Waals surface area contributed by atoms with E-state index in [9.17, 15) is 8.78 Å². The van der Waals surface area contributed by atoms with E-state index in [2.05, 4.69) is 6.58 Å². The molecule has 1 aromatic rings. The molecule has 1 rings (SSSR count). The Morgan fingerprint density at radius 1 is 1.21 bits per heavy atom. The first kappa shape index (κ1) is 10.9. The van der Waals surface area contributed by atoms with Gasteiger partial charge in [-0.3, -0.25) is 0 Å². The summed E-state index contributed by atoms with van der Waals surface area (Å²) in [5.41, 5.74) is 0.157. The molecule has 0 radical (unpaired) electrons. The van der Waals surface area contributed by atoms with Gasteiger partial charge in [0.25, 0.3) is 0 Å². The summed E-state index contributed by atoms with van der Waals surface area (Å²) in [6.45, 7) is 9.04. The standard InChI is InChI=1S/C12H14F2/c1-8(2)12(3,4)11-9(13)6-5-7-10(11)14/h5-7H,1H2,2-4H3. The second-order valence-electron chi connectivity index (χ2n) is 4.00. The number of allylic oxidation sites excluding steroid dienone is 1. The third-order valence-electron chi connectivity index (χ3n) is 2.65. The lowest BCUT2D eigenvalue weighted by Gasteiger charge is -2.26. The van der Waals surface area contributed by atoms with Crippen LogP contribution in [0.1, 0.15) is 26.3 Å². The van der Waals surface area contributed by atoms with Crippen molar-refractivity contribution in [1.29, 1.82) is 0 Å². The molecule has 0 aliphatic carbocycles. The average Bonchev–Trinajstić information content (AvgIpc) is 2.02. The normalized spacial score (nSPS) is 11.5. The number of hydrogen-bond donors (Lipinski definition) is 0. The van der Waals surface area contributed by atoms with Crippen molar-refractivity contribution in [2.75, 3.05) is 0 Å². The topological polar surface area (TPSA) is 0 Å². The molecule has 0 spiro atoms. The minimum Gasteiger partial charge on any atom is -0.207 e. The van der Waals surface area contributed by atoms with Gasteiger partial charge in [-0.15, -0.1) is 0 Å². The van der Waals surface area contributed by atoms with Crippen LogP contribution in [0.4, 0.5) is 8.78 Å². The zero-order chi connectivity index (χ0) is 10.9. The summed E-state index contributed by atoms with van der Waals surface area (Å²) >= 11 is 0. The van der Waals surface area contributed by atoms with E-state index >= 15 is 0 Å². The molecule has 76 valence electrons. The maximum absolute atomic E-state index is 13.4. The highest BCUT2D eigenvalue weighted by Gasteiger charge is 2.28. The molecular formula is C12H14F2. The maximum atomic E-state index is 13.4. The molecule has 1 aromatic carbocycles. The van der Waals surface area contributed by atoms with Crippen molar-refractivity contribution < 1.29 is 8.78 Å². The van der Waals surface area contributed by atoms with Crippen LogP contribution in [0.2, 0.25) is 0 Å². The van der Waals surface area contributed by atoms with Crippen LogP contribution in [-0.2, 0) is 5.41 Å². The van der Waals surface area contributed by atoms with Crippen molar-refractivity contribution in [3.8, 4) is 0 Å². The smallest absolute Gasteiger partial charge is 0.130 e. The minimum absolute atomic E-state index is 0.0903. The molecule has 14 heavy (non-hydrogen) atoms. The van der Waals surface area contributed by atoms with E-state index in [0.29, 0.717) is 0 Å². The van der Waals surface area contributed by atoms with Crippen molar-refractivity contribution in [3.05, 3.63) is 47.5 Å². The first-order valence-corrected chi connectivity index (χ1v) is 4.48. The van der Waals surface area contributed by atoms with Gasteiger partial charge in [0.15, 0.2) is 0 Å². The summed E-state index contributed by atoms with van der Waals surface area (Å²) in [4.78, 5) is 0. The summed E-state index contributed by atoms with van der Waals surface area (Å²) in [6.07, 6.45) is 0. The fraction of sp³-hybridized carbons (Fsp3) is 0.333. The summed E-state index contributed by atoms with van der Waals surface area (Å²) < 4.78 is 26.9. The quantitative estimate of drug-likeness (QED) is 0.631. The Morgan fingerprint density at radius 2 is 1.64 bits per heavy atom. The molecule has 0 unspecified atom stereocenters. The second kappa shape index (κ2) is 3.52. The van der Waals surface area contributed by atoms with Crippen LogP contribution in [0.3, 0.4) is 0 Å². The first-order chi connectivity index (χ1) is 6.37.